The van der Waals surface area contributed by atoms with Crippen LogP contribution in [0.2, 0.25) is 0 Å². The smallest absolute Gasteiger partial charge is 0.140 e. The lowest BCUT2D eigenvalue weighted by atomic mass is 9.89. The minimum Gasteiger partial charge on any atom is -0.381 e. The van der Waals surface area contributed by atoms with E-state index in [9.17, 15) is 0 Å². The van der Waals surface area contributed by atoms with Gasteiger partial charge >= 0.3 is 0 Å². The van der Waals surface area contributed by atoms with Gasteiger partial charge in [-0.05, 0) is 47.3 Å². The minimum absolute atomic E-state index is 0.422. The second kappa shape index (κ2) is 4.49. The summed E-state index contributed by atoms with van der Waals surface area (Å²) in [6, 6.07) is 2.49. The zero-order valence-corrected chi connectivity index (χ0v) is 10.5. The van der Waals surface area contributed by atoms with Gasteiger partial charge in [0.15, 0.2) is 0 Å². The average molecular weight is 271 g/mol. The molecule has 15 heavy (non-hydrogen) atoms. The van der Waals surface area contributed by atoms with Crippen molar-refractivity contribution in [1.29, 1.82) is 0 Å². The van der Waals surface area contributed by atoms with Gasteiger partial charge in [0, 0.05) is 19.3 Å². The van der Waals surface area contributed by atoms with Crippen LogP contribution >= 0.6 is 15.9 Å². The molecular weight excluding hydrogens is 256 g/mol. The number of pyridine rings is 1. The van der Waals surface area contributed by atoms with Crippen LogP contribution < -0.4 is 5.32 Å². The Hall–Kier alpha value is -0.610. The second-order valence-corrected chi connectivity index (χ2v) is 4.75. The maximum Gasteiger partial charge on any atom is 0.140 e. The van der Waals surface area contributed by atoms with Crippen LogP contribution in [0.4, 0.5) is 5.82 Å². The molecule has 82 valence electrons. The summed E-state index contributed by atoms with van der Waals surface area (Å²) in [6.07, 6.45) is 4.39. The molecule has 1 aliphatic rings. The summed E-state index contributed by atoms with van der Waals surface area (Å²) >= 11 is 3.54. The molecule has 0 radical (unpaired) electrons. The first-order valence-corrected chi connectivity index (χ1v) is 5.90. The first kappa shape index (κ1) is 10.9. The van der Waals surface area contributed by atoms with Crippen LogP contribution in [-0.2, 0) is 4.74 Å². The van der Waals surface area contributed by atoms with Gasteiger partial charge in [0.05, 0.1) is 10.6 Å². The summed E-state index contributed by atoms with van der Waals surface area (Å²) in [4.78, 5) is 4.31. The van der Waals surface area contributed by atoms with E-state index < -0.39 is 0 Å². The maximum atomic E-state index is 5.24. The molecule has 0 unspecified atom stereocenters. The minimum atomic E-state index is 0.422. The quantitative estimate of drug-likeness (QED) is 0.917. The molecule has 0 aliphatic heterocycles. The summed E-state index contributed by atoms with van der Waals surface area (Å²) in [5, 5.41) is 3.41. The molecule has 0 spiro atoms. The van der Waals surface area contributed by atoms with Crippen LogP contribution in [0.3, 0.4) is 0 Å². The van der Waals surface area contributed by atoms with E-state index in [1.807, 2.05) is 12.3 Å². The molecule has 1 aliphatic carbocycles. The molecule has 1 aromatic rings. The fourth-order valence-electron chi connectivity index (χ4n) is 1.71. The van der Waals surface area contributed by atoms with Crippen molar-refractivity contribution in [3.05, 3.63) is 22.3 Å². The van der Waals surface area contributed by atoms with Crippen LogP contribution in [-0.4, -0.2) is 24.2 Å². The number of halogens is 1. The third-order valence-corrected chi connectivity index (χ3v) is 3.85. The summed E-state index contributed by atoms with van der Waals surface area (Å²) in [5.74, 6) is 0.939. The lowest BCUT2D eigenvalue weighted by molar-refractivity contribution is 0.0328. The number of rotatable bonds is 3. The monoisotopic (exact) mass is 270 g/mol. The summed E-state index contributed by atoms with van der Waals surface area (Å²) in [6.45, 7) is 2.07. The Labute approximate surface area is 98.4 Å². The summed E-state index contributed by atoms with van der Waals surface area (Å²) in [7, 11) is 1.77. The lowest BCUT2D eigenvalue weighted by Crippen LogP contribution is -2.40. The molecule has 0 atom stereocenters. The van der Waals surface area contributed by atoms with Crippen LogP contribution in [0.25, 0.3) is 0 Å². The SMILES string of the molecule is COC1CC(Nc2nccc(C)c2Br)C1. The van der Waals surface area contributed by atoms with Crippen LogP contribution in [0.5, 0.6) is 0 Å². The molecule has 1 fully saturated rings. The number of ether oxygens (including phenoxy) is 1. The van der Waals surface area contributed by atoms with Gasteiger partial charge in [-0.25, -0.2) is 4.98 Å². The van der Waals surface area contributed by atoms with Gasteiger partial charge in [-0.15, -0.1) is 0 Å². The molecule has 0 saturated heterocycles. The normalized spacial score (nSPS) is 24.7. The summed E-state index contributed by atoms with van der Waals surface area (Å²) in [5.41, 5.74) is 1.20. The Balaban J connectivity index is 1.97. The predicted octanol–water partition coefficient (Wildman–Crippen LogP) is 2.74. The van der Waals surface area contributed by atoms with Crippen molar-refractivity contribution in [3.8, 4) is 0 Å². The second-order valence-electron chi connectivity index (χ2n) is 3.96. The van der Waals surface area contributed by atoms with Crippen molar-refractivity contribution in [2.75, 3.05) is 12.4 Å². The van der Waals surface area contributed by atoms with E-state index in [0.717, 1.165) is 23.1 Å². The average Bonchev–Trinajstić information content (AvgIpc) is 2.17. The number of methoxy groups -OCH3 is 1. The lowest BCUT2D eigenvalue weighted by Gasteiger charge is -2.35. The highest BCUT2D eigenvalue weighted by Gasteiger charge is 2.29. The highest BCUT2D eigenvalue weighted by atomic mass is 79.9. The zero-order chi connectivity index (χ0) is 10.8. The van der Waals surface area contributed by atoms with Gasteiger partial charge in [-0.1, -0.05) is 0 Å². The first-order chi connectivity index (χ1) is 7.20. The van der Waals surface area contributed by atoms with E-state index in [1.54, 1.807) is 7.11 Å². The van der Waals surface area contributed by atoms with Gasteiger partial charge in [-0.2, -0.15) is 0 Å². The van der Waals surface area contributed by atoms with Gasteiger partial charge in [-0.3, -0.25) is 0 Å². The van der Waals surface area contributed by atoms with Gasteiger partial charge in [0.25, 0.3) is 0 Å². The molecule has 2 rings (SSSR count). The number of anilines is 1. The van der Waals surface area contributed by atoms with E-state index in [1.165, 1.54) is 5.56 Å². The number of aryl methyl sites for hydroxylation is 1. The predicted molar refractivity (Wildman–Crippen MR) is 64.1 cm³/mol. The van der Waals surface area contributed by atoms with Crippen molar-refractivity contribution in [2.45, 2.75) is 31.9 Å². The number of nitrogens with zero attached hydrogens (tertiary/aromatic N) is 1. The fraction of sp³-hybridized carbons (Fsp3) is 0.545. The third-order valence-electron chi connectivity index (χ3n) is 2.85. The molecule has 1 N–H and O–H groups in total. The number of hydrogen-bond acceptors (Lipinski definition) is 3. The number of aromatic nitrogens is 1. The Morgan fingerprint density at radius 2 is 2.27 bits per heavy atom. The van der Waals surface area contributed by atoms with Crippen LogP contribution in [0, 0.1) is 6.92 Å². The van der Waals surface area contributed by atoms with Crippen LogP contribution in [0.1, 0.15) is 18.4 Å². The van der Waals surface area contributed by atoms with Crippen molar-refractivity contribution in [1.82, 2.24) is 4.98 Å². The van der Waals surface area contributed by atoms with Gasteiger partial charge in [0.2, 0.25) is 0 Å². The molecule has 0 amide bonds. The number of hydrogen-bond donors (Lipinski definition) is 1. The first-order valence-electron chi connectivity index (χ1n) is 5.11. The van der Waals surface area contributed by atoms with Gasteiger partial charge in [0.1, 0.15) is 5.82 Å². The van der Waals surface area contributed by atoms with Crippen molar-refractivity contribution in [3.63, 3.8) is 0 Å². The molecule has 1 saturated carbocycles. The molecule has 0 aromatic carbocycles. The van der Waals surface area contributed by atoms with Crippen molar-refractivity contribution in [2.24, 2.45) is 0 Å². The maximum absolute atomic E-state index is 5.24. The van der Waals surface area contributed by atoms with E-state index >= 15 is 0 Å². The Bertz CT molecular complexity index is 350. The van der Waals surface area contributed by atoms with E-state index in [4.69, 9.17) is 4.74 Å². The van der Waals surface area contributed by atoms with Crippen LogP contribution in [0.15, 0.2) is 16.7 Å². The molecule has 4 heteroatoms. The molecule has 1 aromatic heterocycles. The Morgan fingerprint density at radius 1 is 1.53 bits per heavy atom. The number of nitrogens with one attached hydrogen (secondary N) is 1. The zero-order valence-electron chi connectivity index (χ0n) is 8.96. The van der Waals surface area contributed by atoms with Crippen molar-refractivity contribution < 1.29 is 4.74 Å². The molecule has 1 heterocycles. The molecule has 0 bridgehead atoms. The fourth-order valence-corrected chi connectivity index (χ4v) is 2.06. The third kappa shape index (κ3) is 2.32. The molecular formula is C11H15BrN2O. The van der Waals surface area contributed by atoms with E-state index in [2.05, 4.69) is 33.2 Å². The summed E-state index contributed by atoms with van der Waals surface area (Å²) < 4.78 is 6.30. The molecule has 3 nitrogen and oxygen atoms in total. The highest BCUT2D eigenvalue weighted by Crippen LogP contribution is 2.29. The van der Waals surface area contributed by atoms with E-state index in [-0.39, 0.29) is 0 Å². The standard InChI is InChI=1S/C11H15BrN2O/c1-7-3-4-13-11(10(7)12)14-8-5-9(6-8)15-2/h3-4,8-9H,5-6H2,1-2H3,(H,13,14). The van der Waals surface area contributed by atoms with Gasteiger partial charge < -0.3 is 10.1 Å². The largest absolute Gasteiger partial charge is 0.381 e. The van der Waals surface area contributed by atoms with E-state index in [0.29, 0.717) is 12.1 Å². The highest BCUT2D eigenvalue weighted by molar-refractivity contribution is 9.10. The van der Waals surface area contributed by atoms with Crippen molar-refractivity contribution >= 4 is 21.7 Å². The Kier molecular flexibility index (Phi) is 3.26. The Morgan fingerprint density at radius 3 is 2.93 bits per heavy atom. The topological polar surface area (TPSA) is 34.1 Å².